The number of carbonyl (C=O) groups is 2. The van der Waals surface area contributed by atoms with Crippen LogP contribution in [0.3, 0.4) is 0 Å². The topological polar surface area (TPSA) is 133 Å². The predicted molar refractivity (Wildman–Crippen MR) is 194 cm³/mol. The molecule has 54 heavy (non-hydrogen) atoms. The molecule has 2 atom stereocenters. The molecule has 6 rings (SSSR count). The zero-order valence-electron chi connectivity index (χ0n) is 30.6. The smallest absolute Gasteiger partial charge is 0.337 e. The van der Waals surface area contributed by atoms with E-state index in [1.165, 1.54) is 52.7 Å². The molecule has 2 unspecified atom stereocenters. The molecule has 2 heterocycles. The summed E-state index contributed by atoms with van der Waals surface area (Å²) in [4.78, 5) is 34.6. The Labute approximate surface area is 311 Å². The van der Waals surface area contributed by atoms with Crippen molar-refractivity contribution < 1.29 is 56.5 Å². The van der Waals surface area contributed by atoms with Crippen molar-refractivity contribution in [2.45, 2.75) is 37.9 Å². The number of hydrogen-bond acceptors (Lipinski definition) is 12. The van der Waals surface area contributed by atoms with Crippen molar-refractivity contribution in [1.29, 1.82) is 0 Å². The summed E-state index contributed by atoms with van der Waals surface area (Å²) >= 11 is 0. The molecule has 0 aromatic heterocycles. The summed E-state index contributed by atoms with van der Waals surface area (Å²) in [6.07, 6.45) is 0.951. The number of oxime groups is 2. The molecule has 0 spiro atoms. The standard InChI is InChI=1S/2C20H20FNO5/c1-20(11-16(22-27-20)13-4-7-15(21)8-5-13)12-26-18-10-14(19(23)25-3)6-9-17(18)24-2;1-20(11-16(22-27-20)13-5-4-6-15(21)9-13)12-26-18-10-14(19(23)25-3)7-8-17(18)24-2/h2*4-10H,11-12H2,1-3H3. The van der Waals surface area contributed by atoms with E-state index < -0.39 is 23.1 Å². The van der Waals surface area contributed by atoms with Crippen molar-refractivity contribution in [2.75, 3.05) is 41.7 Å². The second-order valence-electron chi connectivity index (χ2n) is 12.8. The number of benzene rings is 4. The molecular formula is C40H40F2N2O10. The third kappa shape index (κ3) is 9.62. The van der Waals surface area contributed by atoms with Crippen LogP contribution in [0.1, 0.15) is 58.5 Å². The molecule has 14 heteroatoms. The van der Waals surface area contributed by atoms with Gasteiger partial charge in [-0.2, -0.15) is 0 Å². The molecule has 4 aromatic carbocycles. The molecule has 0 bridgehead atoms. The fourth-order valence-electron chi connectivity index (χ4n) is 5.47. The summed E-state index contributed by atoms with van der Waals surface area (Å²) in [6.45, 7) is 4.06. The largest absolute Gasteiger partial charge is 0.493 e. The molecule has 0 saturated heterocycles. The highest BCUT2D eigenvalue weighted by atomic mass is 19.1. The van der Waals surface area contributed by atoms with Crippen LogP contribution in [-0.2, 0) is 19.1 Å². The van der Waals surface area contributed by atoms with Crippen molar-refractivity contribution in [3.8, 4) is 23.0 Å². The highest BCUT2D eigenvalue weighted by Gasteiger charge is 2.37. The van der Waals surface area contributed by atoms with Gasteiger partial charge in [0, 0.05) is 18.4 Å². The maximum absolute atomic E-state index is 13.4. The minimum atomic E-state index is -0.728. The summed E-state index contributed by atoms with van der Waals surface area (Å²) in [6, 6.07) is 21.9. The third-order valence-electron chi connectivity index (χ3n) is 8.41. The number of esters is 2. The summed E-state index contributed by atoms with van der Waals surface area (Å²) in [5.74, 6) is 0.200. The van der Waals surface area contributed by atoms with Gasteiger partial charge in [-0.05, 0) is 80.1 Å². The molecule has 4 aromatic rings. The summed E-state index contributed by atoms with van der Waals surface area (Å²) in [7, 11) is 5.66. The van der Waals surface area contributed by atoms with Crippen molar-refractivity contribution in [1.82, 2.24) is 0 Å². The van der Waals surface area contributed by atoms with E-state index >= 15 is 0 Å². The van der Waals surface area contributed by atoms with Gasteiger partial charge in [-0.1, -0.05) is 34.6 Å². The zero-order chi connectivity index (χ0) is 38.9. The monoisotopic (exact) mass is 746 g/mol. The van der Waals surface area contributed by atoms with Crippen molar-refractivity contribution in [3.05, 3.63) is 119 Å². The Balaban J connectivity index is 0.000000208. The van der Waals surface area contributed by atoms with E-state index in [-0.39, 0.29) is 24.8 Å². The normalized spacial score (nSPS) is 18.4. The van der Waals surface area contributed by atoms with E-state index in [0.29, 0.717) is 58.2 Å². The average molecular weight is 747 g/mol. The molecular weight excluding hydrogens is 706 g/mol. The fourth-order valence-corrected chi connectivity index (χ4v) is 5.47. The first-order chi connectivity index (χ1) is 25.9. The van der Waals surface area contributed by atoms with Crippen LogP contribution in [-0.4, -0.2) is 76.2 Å². The van der Waals surface area contributed by atoms with Gasteiger partial charge in [0.2, 0.25) is 0 Å². The van der Waals surface area contributed by atoms with Crippen LogP contribution in [0.4, 0.5) is 8.78 Å². The lowest BCUT2D eigenvalue weighted by Crippen LogP contribution is -2.33. The van der Waals surface area contributed by atoms with Crippen molar-refractivity contribution >= 4 is 23.4 Å². The molecule has 0 fully saturated rings. The maximum atomic E-state index is 13.4. The van der Waals surface area contributed by atoms with Gasteiger partial charge < -0.3 is 38.1 Å². The van der Waals surface area contributed by atoms with E-state index in [1.807, 2.05) is 13.8 Å². The summed E-state index contributed by atoms with van der Waals surface area (Å²) in [5, 5.41) is 8.19. The molecule has 0 aliphatic carbocycles. The fraction of sp³-hybridized carbons (Fsp3) is 0.300. The number of nitrogens with zero attached hydrogens (tertiary/aromatic N) is 2. The number of rotatable bonds is 12. The molecule has 2 aliphatic rings. The molecule has 12 nitrogen and oxygen atoms in total. The van der Waals surface area contributed by atoms with Crippen LogP contribution < -0.4 is 18.9 Å². The maximum Gasteiger partial charge on any atom is 0.337 e. The highest BCUT2D eigenvalue weighted by molar-refractivity contribution is 6.02. The van der Waals surface area contributed by atoms with E-state index in [0.717, 1.165) is 11.3 Å². The van der Waals surface area contributed by atoms with Crippen molar-refractivity contribution in [3.63, 3.8) is 0 Å². The second-order valence-corrected chi connectivity index (χ2v) is 12.8. The Kier molecular flexibility index (Phi) is 12.4. The number of methoxy groups -OCH3 is 4. The van der Waals surface area contributed by atoms with Crippen LogP contribution in [0.15, 0.2) is 95.2 Å². The first-order valence-electron chi connectivity index (χ1n) is 16.7. The molecule has 284 valence electrons. The first-order valence-corrected chi connectivity index (χ1v) is 16.7. The molecule has 2 aliphatic heterocycles. The zero-order valence-corrected chi connectivity index (χ0v) is 30.6. The van der Waals surface area contributed by atoms with Crippen LogP contribution in [0.25, 0.3) is 0 Å². The summed E-state index contributed by atoms with van der Waals surface area (Å²) in [5.41, 5.74) is 2.11. The van der Waals surface area contributed by atoms with Gasteiger partial charge in [0.15, 0.2) is 34.2 Å². The minimum absolute atomic E-state index is 0.163. The van der Waals surface area contributed by atoms with Crippen LogP contribution in [0.5, 0.6) is 23.0 Å². The lowest BCUT2D eigenvalue weighted by Gasteiger charge is -2.22. The van der Waals surface area contributed by atoms with Gasteiger partial charge in [0.1, 0.15) is 24.8 Å². The third-order valence-corrected chi connectivity index (χ3v) is 8.41. The highest BCUT2D eigenvalue weighted by Crippen LogP contribution is 2.34. The second kappa shape index (κ2) is 17.1. The molecule has 0 N–H and O–H groups in total. The summed E-state index contributed by atoms with van der Waals surface area (Å²) < 4.78 is 58.2. The average Bonchev–Trinajstić information content (AvgIpc) is 3.79. The SMILES string of the molecule is COC(=O)c1ccc(OC)c(OCC2(C)CC(c3ccc(F)cc3)=NO2)c1.COC(=O)c1ccc(OC)c(OCC2(C)CC(c3cccc(F)c3)=NO2)c1. The quantitative estimate of drug-likeness (QED) is 0.138. The molecule has 0 saturated carbocycles. The predicted octanol–water partition coefficient (Wildman–Crippen LogP) is 7.17. The Morgan fingerprint density at radius 3 is 1.54 bits per heavy atom. The Bertz CT molecular complexity index is 2040. The van der Waals surface area contributed by atoms with Gasteiger partial charge >= 0.3 is 11.9 Å². The van der Waals surface area contributed by atoms with Gasteiger partial charge in [-0.15, -0.1) is 0 Å². The lowest BCUT2D eigenvalue weighted by molar-refractivity contribution is -0.0362. The minimum Gasteiger partial charge on any atom is -0.493 e. The Morgan fingerprint density at radius 1 is 0.611 bits per heavy atom. The molecule has 0 amide bonds. The van der Waals surface area contributed by atoms with E-state index in [9.17, 15) is 18.4 Å². The Morgan fingerprint density at radius 2 is 1.09 bits per heavy atom. The van der Waals surface area contributed by atoms with E-state index in [1.54, 1.807) is 60.7 Å². The van der Waals surface area contributed by atoms with Crippen LogP contribution >= 0.6 is 0 Å². The first kappa shape index (κ1) is 39.0. The molecule has 0 radical (unpaired) electrons. The van der Waals surface area contributed by atoms with Crippen molar-refractivity contribution in [2.24, 2.45) is 10.3 Å². The Hall–Kier alpha value is -6.18. The van der Waals surface area contributed by atoms with Crippen LogP contribution in [0.2, 0.25) is 0 Å². The van der Waals surface area contributed by atoms with Crippen LogP contribution in [0, 0.1) is 11.6 Å². The number of halogens is 2. The van der Waals surface area contributed by atoms with Gasteiger partial charge in [-0.25, -0.2) is 18.4 Å². The van der Waals surface area contributed by atoms with Gasteiger partial charge in [-0.3, -0.25) is 0 Å². The number of carbonyl (C=O) groups excluding carboxylic acids is 2. The van der Waals surface area contributed by atoms with Gasteiger partial charge in [0.25, 0.3) is 0 Å². The lowest BCUT2D eigenvalue weighted by atomic mass is 9.96. The van der Waals surface area contributed by atoms with Gasteiger partial charge in [0.05, 0.1) is 51.0 Å². The number of hydrogen-bond donors (Lipinski definition) is 0. The van der Waals surface area contributed by atoms with E-state index in [2.05, 4.69) is 10.3 Å². The van der Waals surface area contributed by atoms with E-state index in [4.69, 9.17) is 38.1 Å². The number of ether oxygens (including phenoxy) is 6.